The van der Waals surface area contributed by atoms with Gasteiger partial charge in [0.25, 0.3) is 0 Å². The van der Waals surface area contributed by atoms with E-state index in [9.17, 15) is 18.0 Å². The van der Waals surface area contributed by atoms with E-state index in [0.717, 1.165) is 30.7 Å². The number of anilines is 3. The number of ether oxygens (including phenoxy) is 1. The summed E-state index contributed by atoms with van der Waals surface area (Å²) >= 11 is 0. The molecule has 4 rings (SSSR count). The molecule has 7 nitrogen and oxygen atoms in total. The summed E-state index contributed by atoms with van der Waals surface area (Å²) in [5, 5.41) is 12.2. The third kappa shape index (κ3) is 5.14. The smallest absolute Gasteiger partial charge is 0.320 e. The maximum absolute atomic E-state index is 13.3. The Balaban J connectivity index is 1.35. The van der Waals surface area contributed by atoms with Gasteiger partial charge in [0.15, 0.2) is 17.5 Å². The van der Waals surface area contributed by atoms with Crippen LogP contribution in [0.5, 0.6) is 5.75 Å². The molecule has 10 heteroatoms. The number of halogens is 3. The van der Waals surface area contributed by atoms with E-state index in [1.165, 1.54) is 19.3 Å². The molecule has 1 saturated carbocycles. The summed E-state index contributed by atoms with van der Waals surface area (Å²) in [4.78, 5) is 12.3. The molecule has 2 aromatic carbocycles. The monoisotopic (exact) mass is 432 g/mol. The first-order valence-electron chi connectivity index (χ1n) is 9.81. The summed E-state index contributed by atoms with van der Waals surface area (Å²) in [6.45, 7) is 0. The number of nitrogens with zero attached hydrogens (tertiary/aromatic N) is 2. The molecule has 1 fully saturated rings. The zero-order valence-corrected chi connectivity index (χ0v) is 16.3. The van der Waals surface area contributed by atoms with Crippen LogP contribution in [-0.2, 0) is 0 Å². The van der Waals surface area contributed by atoms with Crippen molar-refractivity contribution in [2.24, 2.45) is 0 Å². The van der Waals surface area contributed by atoms with E-state index in [1.807, 2.05) is 0 Å². The fraction of sp³-hybridized carbons (Fsp3) is 0.286. The maximum atomic E-state index is 13.3. The highest BCUT2D eigenvalue weighted by atomic mass is 19.2. The Morgan fingerprint density at radius 2 is 1.65 bits per heavy atom. The van der Waals surface area contributed by atoms with Gasteiger partial charge in [0, 0.05) is 23.5 Å². The van der Waals surface area contributed by atoms with Crippen LogP contribution in [0.25, 0.3) is 0 Å². The van der Waals surface area contributed by atoms with Gasteiger partial charge in [-0.15, -0.1) is 5.10 Å². The van der Waals surface area contributed by atoms with Gasteiger partial charge in [-0.05, 0) is 49.9 Å². The van der Waals surface area contributed by atoms with Crippen molar-refractivity contribution in [1.29, 1.82) is 0 Å². The molecule has 2 N–H and O–H groups in total. The molecule has 1 amide bonds. The molecule has 162 valence electrons. The predicted molar refractivity (Wildman–Crippen MR) is 106 cm³/mol. The number of aromatic nitrogens is 2. The van der Waals surface area contributed by atoms with Crippen molar-refractivity contribution >= 4 is 23.3 Å². The zero-order valence-electron chi connectivity index (χ0n) is 16.3. The molecule has 1 aliphatic carbocycles. The van der Waals surface area contributed by atoms with Crippen LogP contribution in [-0.4, -0.2) is 22.2 Å². The lowest BCUT2D eigenvalue weighted by molar-refractivity contribution is 0.0991. The van der Waals surface area contributed by atoms with Gasteiger partial charge < -0.3 is 19.8 Å². The standard InChI is InChI=1S/C21H19F3N4O3/c22-16-10-13(11-17(23)18(16)24)26-21-28-27-20(31-21)19(29)25-12-6-8-15(9-7-12)30-14-4-2-1-3-5-14/h6-11,14H,1-5H2,(H,25,29)(H,26,28). The Hall–Kier alpha value is -3.56. The molecule has 1 aromatic heterocycles. The molecule has 0 atom stereocenters. The maximum Gasteiger partial charge on any atom is 0.320 e. The van der Waals surface area contributed by atoms with Gasteiger partial charge in [-0.25, -0.2) is 13.2 Å². The summed E-state index contributed by atoms with van der Waals surface area (Å²) < 4.78 is 50.7. The number of carbonyl (C=O) groups excluding carboxylic acids is 1. The van der Waals surface area contributed by atoms with Gasteiger partial charge in [0.2, 0.25) is 0 Å². The van der Waals surface area contributed by atoms with Gasteiger partial charge >= 0.3 is 17.8 Å². The Labute approximate surface area is 175 Å². The quantitative estimate of drug-likeness (QED) is 0.521. The predicted octanol–water partition coefficient (Wildman–Crippen LogP) is 5.19. The number of benzene rings is 2. The lowest BCUT2D eigenvalue weighted by Crippen LogP contribution is -2.19. The normalized spacial score (nSPS) is 14.3. The van der Waals surface area contributed by atoms with Crippen LogP contribution in [0.3, 0.4) is 0 Å². The van der Waals surface area contributed by atoms with E-state index >= 15 is 0 Å². The molecule has 0 radical (unpaired) electrons. The van der Waals surface area contributed by atoms with Crippen molar-refractivity contribution in [3.05, 3.63) is 59.7 Å². The molecule has 1 aliphatic rings. The van der Waals surface area contributed by atoms with E-state index in [-0.39, 0.29) is 23.7 Å². The van der Waals surface area contributed by atoms with Crippen molar-refractivity contribution in [1.82, 2.24) is 10.2 Å². The second-order valence-electron chi connectivity index (χ2n) is 7.15. The van der Waals surface area contributed by atoms with Crippen molar-refractivity contribution in [3.8, 4) is 5.75 Å². The van der Waals surface area contributed by atoms with Crippen LogP contribution < -0.4 is 15.4 Å². The first-order valence-corrected chi connectivity index (χ1v) is 9.81. The number of hydrogen-bond donors (Lipinski definition) is 2. The average Bonchev–Trinajstić information content (AvgIpc) is 3.23. The van der Waals surface area contributed by atoms with Gasteiger partial charge in [-0.2, -0.15) is 0 Å². The van der Waals surface area contributed by atoms with Crippen LogP contribution in [0.2, 0.25) is 0 Å². The molecule has 31 heavy (non-hydrogen) atoms. The number of nitrogens with one attached hydrogen (secondary N) is 2. The molecular weight excluding hydrogens is 413 g/mol. The van der Waals surface area contributed by atoms with E-state index in [0.29, 0.717) is 5.69 Å². The Morgan fingerprint density at radius 3 is 2.32 bits per heavy atom. The third-order valence-corrected chi connectivity index (χ3v) is 4.82. The van der Waals surface area contributed by atoms with E-state index < -0.39 is 23.4 Å². The topological polar surface area (TPSA) is 89.3 Å². The number of rotatable bonds is 6. The van der Waals surface area contributed by atoms with Gasteiger partial charge in [0.05, 0.1) is 6.10 Å². The van der Waals surface area contributed by atoms with Gasteiger partial charge in [-0.1, -0.05) is 11.5 Å². The highest BCUT2D eigenvalue weighted by Gasteiger charge is 2.18. The minimum atomic E-state index is -1.59. The van der Waals surface area contributed by atoms with E-state index in [4.69, 9.17) is 9.15 Å². The lowest BCUT2D eigenvalue weighted by atomic mass is 9.98. The molecule has 3 aromatic rings. The Bertz CT molecular complexity index is 1040. The average molecular weight is 432 g/mol. The number of carbonyl (C=O) groups is 1. The Morgan fingerprint density at radius 1 is 0.968 bits per heavy atom. The van der Waals surface area contributed by atoms with Crippen molar-refractivity contribution in [3.63, 3.8) is 0 Å². The Kier molecular flexibility index (Phi) is 6.06. The molecular formula is C21H19F3N4O3. The largest absolute Gasteiger partial charge is 0.490 e. The summed E-state index contributed by atoms with van der Waals surface area (Å²) in [6, 6.07) is 8.07. The van der Waals surface area contributed by atoms with Crippen LogP contribution >= 0.6 is 0 Å². The van der Waals surface area contributed by atoms with Crippen molar-refractivity contribution in [2.45, 2.75) is 38.2 Å². The second kappa shape index (κ2) is 9.07. The molecule has 1 heterocycles. The minimum Gasteiger partial charge on any atom is -0.490 e. The fourth-order valence-electron chi connectivity index (χ4n) is 3.29. The third-order valence-electron chi connectivity index (χ3n) is 4.82. The molecule has 0 unspecified atom stereocenters. The first-order chi connectivity index (χ1) is 15.0. The summed E-state index contributed by atoms with van der Waals surface area (Å²) in [6.07, 6.45) is 5.90. The van der Waals surface area contributed by atoms with Crippen molar-refractivity contribution < 1.29 is 27.1 Å². The van der Waals surface area contributed by atoms with Crippen molar-refractivity contribution in [2.75, 3.05) is 10.6 Å². The van der Waals surface area contributed by atoms with Crippen LogP contribution in [0.15, 0.2) is 40.8 Å². The van der Waals surface area contributed by atoms with Crippen LogP contribution in [0, 0.1) is 17.5 Å². The fourth-order valence-corrected chi connectivity index (χ4v) is 3.29. The number of amides is 1. The minimum absolute atomic E-state index is 0.152. The van der Waals surface area contributed by atoms with Gasteiger partial charge in [0.1, 0.15) is 5.75 Å². The highest BCUT2D eigenvalue weighted by Crippen LogP contribution is 2.25. The van der Waals surface area contributed by atoms with E-state index in [2.05, 4.69) is 20.8 Å². The summed E-state index contributed by atoms with van der Waals surface area (Å²) in [7, 11) is 0. The summed E-state index contributed by atoms with van der Waals surface area (Å²) in [5.74, 6) is -4.66. The van der Waals surface area contributed by atoms with E-state index in [1.54, 1.807) is 24.3 Å². The van der Waals surface area contributed by atoms with Crippen LogP contribution in [0.1, 0.15) is 42.8 Å². The molecule has 0 saturated heterocycles. The molecule has 0 aliphatic heterocycles. The zero-order chi connectivity index (χ0) is 21.8. The molecule has 0 spiro atoms. The number of hydrogen-bond acceptors (Lipinski definition) is 6. The highest BCUT2D eigenvalue weighted by molar-refractivity contribution is 6.00. The second-order valence-corrected chi connectivity index (χ2v) is 7.15. The summed E-state index contributed by atoms with van der Waals surface area (Å²) in [5.41, 5.74) is 0.344. The van der Waals surface area contributed by atoms with Crippen LogP contribution in [0.4, 0.5) is 30.6 Å². The SMILES string of the molecule is O=C(Nc1ccc(OC2CCCCC2)cc1)c1nnc(Nc2cc(F)c(F)c(F)c2)o1. The van der Waals surface area contributed by atoms with Gasteiger partial charge in [-0.3, -0.25) is 4.79 Å². The molecule has 0 bridgehead atoms. The lowest BCUT2D eigenvalue weighted by Gasteiger charge is -2.23. The first kappa shape index (κ1) is 20.7.